The van der Waals surface area contributed by atoms with Crippen molar-refractivity contribution in [2.45, 2.75) is 26.7 Å². The van der Waals surface area contributed by atoms with Crippen LogP contribution in [0.1, 0.15) is 32.3 Å². The van der Waals surface area contributed by atoms with E-state index in [1.54, 1.807) is 6.92 Å². The Balaban J connectivity index is 2.79. The van der Waals surface area contributed by atoms with E-state index in [4.69, 9.17) is 4.74 Å². The Morgan fingerprint density at radius 1 is 1.50 bits per heavy atom. The number of anilines is 1. The minimum atomic E-state index is -0.405. The van der Waals surface area contributed by atoms with Crippen LogP contribution in [0.3, 0.4) is 0 Å². The lowest BCUT2D eigenvalue weighted by Crippen LogP contribution is -2.14. The predicted molar refractivity (Wildman–Crippen MR) is 73.9 cm³/mol. The van der Waals surface area contributed by atoms with Crippen LogP contribution in [0.5, 0.6) is 0 Å². The number of carbonyl (C=O) groups is 1. The topological polar surface area (TPSA) is 38.3 Å². The van der Waals surface area contributed by atoms with Gasteiger partial charge in [-0.15, -0.1) is 0 Å². The summed E-state index contributed by atoms with van der Waals surface area (Å²) in [7, 11) is 0. The molecule has 1 rings (SSSR count). The third-order valence-electron chi connectivity index (χ3n) is 2.17. The Morgan fingerprint density at radius 3 is 2.69 bits per heavy atom. The maximum atomic E-state index is 11.2. The number of benzene rings is 1. The summed E-state index contributed by atoms with van der Waals surface area (Å²) in [5.41, 5.74) is 2.06. The monoisotopic (exact) mass is 333 g/mol. The molecule has 0 aliphatic rings. The zero-order valence-electron chi connectivity index (χ0n) is 9.71. The maximum Gasteiger partial charge on any atom is 0.411 e. The summed E-state index contributed by atoms with van der Waals surface area (Å²) in [5.74, 6) is 0.491. The number of rotatable bonds is 3. The number of amides is 1. The van der Waals surface area contributed by atoms with Crippen molar-refractivity contribution < 1.29 is 9.53 Å². The van der Waals surface area contributed by atoms with Crippen LogP contribution < -0.4 is 5.32 Å². The highest BCUT2D eigenvalue weighted by Crippen LogP contribution is 2.23. The summed E-state index contributed by atoms with van der Waals surface area (Å²) in [5, 5.41) is 2.71. The summed E-state index contributed by atoms with van der Waals surface area (Å²) in [6.45, 7) is 6.45. The smallest absolute Gasteiger partial charge is 0.411 e. The standard InChI is InChI=1S/C12H16INO2/c1-4-16-12(15)14-11-6-5-9(8(2)3)7-10(11)13/h5-8H,4H2,1-3H3,(H,14,15). The molecule has 1 aromatic carbocycles. The van der Waals surface area contributed by atoms with Crippen LogP contribution >= 0.6 is 22.6 Å². The van der Waals surface area contributed by atoms with Gasteiger partial charge in [-0.2, -0.15) is 0 Å². The molecule has 1 aromatic rings. The van der Waals surface area contributed by atoms with Crippen molar-refractivity contribution in [1.82, 2.24) is 0 Å². The maximum absolute atomic E-state index is 11.2. The highest BCUT2D eigenvalue weighted by atomic mass is 127. The number of hydrogen-bond acceptors (Lipinski definition) is 2. The van der Waals surface area contributed by atoms with Crippen LogP contribution in [0.25, 0.3) is 0 Å². The van der Waals surface area contributed by atoms with Gasteiger partial charge in [-0.1, -0.05) is 19.9 Å². The number of halogens is 1. The van der Waals surface area contributed by atoms with Crippen LogP contribution in [0.4, 0.5) is 10.5 Å². The molecule has 0 heterocycles. The van der Waals surface area contributed by atoms with E-state index in [-0.39, 0.29) is 0 Å². The molecule has 0 spiro atoms. The minimum absolute atomic E-state index is 0.381. The molecular formula is C12H16INO2. The van der Waals surface area contributed by atoms with E-state index in [1.807, 2.05) is 12.1 Å². The second-order valence-electron chi connectivity index (χ2n) is 3.74. The van der Waals surface area contributed by atoms with Gasteiger partial charge in [0.15, 0.2) is 0 Å². The Bertz CT molecular complexity index is 377. The number of hydrogen-bond donors (Lipinski definition) is 1. The average Bonchev–Trinajstić information content (AvgIpc) is 2.21. The van der Waals surface area contributed by atoms with E-state index in [0.29, 0.717) is 12.5 Å². The zero-order chi connectivity index (χ0) is 12.1. The van der Waals surface area contributed by atoms with Gasteiger partial charge in [0.25, 0.3) is 0 Å². The van der Waals surface area contributed by atoms with Crippen molar-refractivity contribution >= 4 is 34.4 Å². The van der Waals surface area contributed by atoms with Crippen LogP contribution in [-0.4, -0.2) is 12.7 Å². The highest BCUT2D eigenvalue weighted by Gasteiger charge is 2.07. The van der Waals surface area contributed by atoms with Gasteiger partial charge in [-0.25, -0.2) is 4.79 Å². The molecule has 0 aromatic heterocycles. The lowest BCUT2D eigenvalue weighted by atomic mass is 10.0. The summed E-state index contributed by atoms with van der Waals surface area (Å²) in [6, 6.07) is 6.01. The normalized spacial score (nSPS) is 10.3. The fourth-order valence-corrected chi connectivity index (χ4v) is 1.94. The highest BCUT2D eigenvalue weighted by molar-refractivity contribution is 14.1. The van der Waals surface area contributed by atoms with Gasteiger partial charge in [0, 0.05) is 3.57 Å². The molecule has 3 nitrogen and oxygen atoms in total. The first-order valence-corrected chi connectivity index (χ1v) is 6.35. The fourth-order valence-electron chi connectivity index (χ4n) is 1.27. The van der Waals surface area contributed by atoms with Crippen molar-refractivity contribution in [2.24, 2.45) is 0 Å². The molecule has 0 aliphatic heterocycles. The summed E-state index contributed by atoms with van der Waals surface area (Å²) in [4.78, 5) is 11.2. The van der Waals surface area contributed by atoms with Crippen LogP contribution in [0.15, 0.2) is 18.2 Å². The molecule has 16 heavy (non-hydrogen) atoms. The molecule has 0 unspecified atom stereocenters. The first kappa shape index (κ1) is 13.3. The molecule has 4 heteroatoms. The van der Waals surface area contributed by atoms with Gasteiger partial charge in [-0.05, 0) is 53.1 Å². The third kappa shape index (κ3) is 3.66. The molecule has 0 atom stereocenters. The largest absolute Gasteiger partial charge is 0.450 e. The van der Waals surface area contributed by atoms with E-state index in [9.17, 15) is 4.79 Å². The Kier molecular flexibility index (Phi) is 5.05. The van der Waals surface area contributed by atoms with E-state index in [1.165, 1.54) is 5.56 Å². The quantitative estimate of drug-likeness (QED) is 0.850. The summed E-state index contributed by atoms with van der Waals surface area (Å²) < 4.78 is 5.85. The lowest BCUT2D eigenvalue weighted by Gasteiger charge is -2.10. The molecular weight excluding hydrogens is 317 g/mol. The van der Waals surface area contributed by atoms with E-state index < -0.39 is 6.09 Å². The second-order valence-corrected chi connectivity index (χ2v) is 4.90. The van der Waals surface area contributed by atoms with Crippen molar-refractivity contribution in [3.05, 3.63) is 27.3 Å². The molecule has 0 saturated carbocycles. The number of ether oxygens (including phenoxy) is 1. The predicted octanol–water partition coefficient (Wildman–Crippen LogP) is 3.98. The Hall–Kier alpha value is -0.780. The van der Waals surface area contributed by atoms with Gasteiger partial charge in [-0.3, -0.25) is 5.32 Å². The first-order valence-electron chi connectivity index (χ1n) is 5.27. The van der Waals surface area contributed by atoms with Gasteiger partial charge in [0.2, 0.25) is 0 Å². The SMILES string of the molecule is CCOC(=O)Nc1ccc(C(C)C)cc1I. The van der Waals surface area contributed by atoms with E-state index in [0.717, 1.165) is 9.26 Å². The van der Waals surface area contributed by atoms with Crippen molar-refractivity contribution in [2.75, 3.05) is 11.9 Å². The van der Waals surface area contributed by atoms with Crippen LogP contribution in [-0.2, 0) is 4.74 Å². The summed E-state index contributed by atoms with van der Waals surface area (Å²) >= 11 is 2.21. The van der Waals surface area contributed by atoms with Gasteiger partial charge in [0.05, 0.1) is 12.3 Å². The van der Waals surface area contributed by atoms with Crippen LogP contribution in [0.2, 0.25) is 0 Å². The Morgan fingerprint density at radius 2 is 2.19 bits per heavy atom. The van der Waals surface area contributed by atoms with Crippen molar-refractivity contribution in [1.29, 1.82) is 0 Å². The van der Waals surface area contributed by atoms with Gasteiger partial charge < -0.3 is 4.74 Å². The van der Waals surface area contributed by atoms with E-state index >= 15 is 0 Å². The van der Waals surface area contributed by atoms with Gasteiger partial charge in [0.1, 0.15) is 0 Å². The number of carbonyl (C=O) groups excluding carboxylic acids is 1. The molecule has 0 fully saturated rings. The Labute approximate surface area is 110 Å². The third-order valence-corrected chi connectivity index (χ3v) is 3.06. The first-order chi connectivity index (χ1) is 7.54. The molecule has 0 radical (unpaired) electrons. The lowest BCUT2D eigenvalue weighted by molar-refractivity contribution is 0.168. The molecule has 0 aliphatic carbocycles. The summed E-state index contributed by atoms with van der Waals surface area (Å²) in [6.07, 6.45) is -0.405. The molecule has 1 N–H and O–H groups in total. The molecule has 1 amide bonds. The van der Waals surface area contributed by atoms with E-state index in [2.05, 4.69) is 47.8 Å². The number of nitrogens with one attached hydrogen (secondary N) is 1. The van der Waals surface area contributed by atoms with Crippen molar-refractivity contribution in [3.8, 4) is 0 Å². The van der Waals surface area contributed by atoms with Crippen LogP contribution in [0, 0.1) is 3.57 Å². The fraction of sp³-hybridized carbons (Fsp3) is 0.417. The zero-order valence-corrected chi connectivity index (χ0v) is 11.9. The molecule has 0 bridgehead atoms. The van der Waals surface area contributed by atoms with Crippen molar-refractivity contribution in [3.63, 3.8) is 0 Å². The molecule has 0 saturated heterocycles. The minimum Gasteiger partial charge on any atom is -0.450 e. The average molecular weight is 333 g/mol. The van der Waals surface area contributed by atoms with Gasteiger partial charge >= 0.3 is 6.09 Å². The second kappa shape index (κ2) is 6.08. The molecule has 88 valence electrons.